The first-order chi connectivity index (χ1) is 8.52. The average Bonchev–Trinajstić information content (AvgIpc) is 2.36. The van der Waals surface area contributed by atoms with Gasteiger partial charge in [0.2, 0.25) is 0 Å². The molecule has 1 aromatic heterocycles. The predicted molar refractivity (Wildman–Crippen MR) is 70.3 cm³/mol. The fourth-order valence-corrected chi connectivity index (χ4v) is 2.00. The molecule has 0 amide bonds. The highest BCUT2D eigenvalue weighted by Crippen LogP contribution is 2.29. The molecule has 0 aliphatic carbocycles. The summed E-state index contributed by atoms with van der Waals surface area (Å²) in [6, 6.07) is 4.81. The minimum Gasteiger partial charge on any atom is -0.469 e. The highest BCUT2D eigenvalue weighted by molar-refractivity contribution is 6.45. The van der Waals surface area contributed by atoms with Gasteiger partial charge in [-0.25, -0.2) is 0 Å². The summed E-state index contributed by atoms with van der Waals surface area (Å²) >= 11 is 11.9. The number of benzene rings is 1. The van der Waals surface area contributed by atoms with E-state index >= 15 is 0 Å². The highest BCUT2D eigenvalue weighted by atomic mass is 35.5. The van der Waals surface area contributed by atoms with Crippen LogP contribution in [0.5, 0.6) is 0 Å². The van der Waals surface area contributed by atoms with Crippen LogP contribution < -0.4 is 5.56 Å². The fourth-order valence-electron chi connectivity index (χ4n) is 1.62. The molecule has 0 radical (unpaired) electrons. The standard InChI is InChI=1S/C12H9Cl2NO3/c1-18-10(16)5-6-4-7-9(15-12(6)17)3-2-8(13)11(7)14/h2-4H,5H2,1H3,(H,15,17). The maximum atomic E-state index is 11.7. The molecule has 0 aliphatic heterocycles. The quantitative estimate of drug-likeness (QED) is 0.863. The van der Waals surface area contributed by atoms with E-state index in [2.05, 4.69) is 9.72 Å². The highest BCUT2D eigenvalue weighted by Gasteiger charge is 2.11. The molecule has 1 N–H and O–H groups in total. The number of fused-ring (bicyclic) bond motifs is 1. The number of pyridine rings is 1. The van der Waals surface area contributed by atoms with E-state index in [0.717, 1.165) is 0 Å². The van der Waals surface area contributed by atoms with Crippen molar-refractivity contribution in [1.82, 2.24) is 4.98 Å². The molecule has 2 rings (SSSR count). The van der Waals surface area contributed by atoms with E-state index in [0.29, 0.717) is 26.5 Å². The van der Waals surface area contributed by atoms with Crippen LogP contribution in [0.1, 0.15) is 5.56 Å². The Morgan fingerprint density at radius 1 is 1.39 bits per heavy atom. The number of nitrogens with one attached hydrogen (secondary N) is 1. The van der Waals surface area contributed by atoms with Crippen LogP contribution in [-0.4, -0.2) is 18.1 Å². The minimum absolute atomic E-state index is 0.107. The summed E-state index contributed by atoms with van der Waals surface area (Å²) in [6.45, 7) is 0. The maximum Gasteiger partial charge on any atom is 0.310 e. The SMILES string of the molecule is COC(=O)Cc1cc2c(Cl)c(Cl)ccc2[nH]c1=O. The number of H-pyrrole nitrogens is 1. The average molecular weight is 286 g/mol. The van der Waals surface area contributed by atoms with Crippen LogP contribution in [0.2, 0.25) is 10.0 Å². The number of ether oxygens (including phenoxy) is 1. The van der Waals surface area contributed by atoms with Gasteiger partial charge in [-0.15, -0.1) is 0 Å². The number of aromatic amines is 1. The number of hydrogen-bond donors (Lipinski definition) is 1. The first-order valence-corrected chi connectivity index (χ1v) is 5.85. The van der Waals surface area contributed by atoms with Crippen LogP contribution in [0, 0.1) is 0 Å². The van der Waals surface area contributed by atoms with E-state index in [1.165, 1.54) is 7.11 Å². The molecule has 18 heavy (non-hydrogen) atoms. The monoisotopic (exact) mass is 285 g/mol. The molecular formula is C12H9Cl2NO3. The topological polar surface area (TPSA) is 59.2 Å². The molecule has 4 nitrogen and oxygen atoms in total. The molecule has 0 atom stereocenters. The van der Waals surface area contributed by atoms with Gasteiger partial charge in [0.1, 0.15) is 0 Å². The molecular weight excluding hydrogens is 277 g/mol. The Kier molecular flexibility index (Phi) is 3.59. The molecule has 0 spiro atoms. The van der Waals surface area contributed by atoms with Crippen molar-refractivity contribution in [2.24, 2.45) is 0 Å². The number of rotatable bonds is 2. The van der Waals surface area contributed by atoms with Crippen molar-refractivity contribution in [3.05, 3.63) is 44.2 Å². The number of esters is 1. The van der Waals surface area contributed by atoms with Crippen molar-refractivity contribution in [3.8, 4) is 0 Å². The zero-order valence-corrected chi connectivity index (χ0v) is 10.9. The van der Waals surface area contributed by atoms with Crippen molar-refractivity contribution in [2.45, 2.75) is 6.42 Å². The molecule has 6 heteroatoms. The second-order valence-electron chi connectivity index (χ2n) is 3.70. The van der Waals surface area contributed by atoms with Crippen LogP contribution in [0.25, 0.3) is 10.9 Å². The van der Waals surface area contributed by atoms with Crippen molar-refractivity contribution in [3.63, 3.8) is 0 Å². The lowest BCUT2D eigenvalue weighted by Crippen LogP contribution is -2.17. The molecule has 0 fully saturated rings. The van der Waals surface area contributed by atoms with Crippen molar-refractivity contribution >= 4 is 40.1 Å². The van der Waals surface area contributed by atoms with Gasteiger partial charge in [0.25, 0.3) is 5.56 Å². The summed E-state index contributed by atoms with van der Waals surface area (Å²) < 4.78 is 4.52. The van der Waals surface area contributed by atoms with E-state index < -0.39 is 5.97 Å². The Hall–Kier alpha value is -1.52. The third kappa shape index (κ3) is 2.35. The van der Waals surface area contributed by atoms with Crippen LogP contribution >= 0.6 is 23.2 Å². The molecule has 0 saturated heterocycles. The van der Waals surface area contributed by atoms with E-state index in [1.807, 2.05) is 0 Å². The van der Waals surface area contributed by atoms with Gasteiger partial charge in [-0.05, 0) is 18.2 Å². The smallest absolute Gasteiger partial charge is 0.310 e. The second-order valence-corrected chi connectivity index (χ2v) is 4.48. The third-order valence-corrected chi connectivity index (χ3v) is 3.37. The van der Waals surface area contributed by atoms with E-state index in [1.54, 1.807) is 18.2 Å². The second kappa shape index (κ2) is 5.00. The van der Waals surface area contributed by atoms with Crippen molar-refractivity contribution in [1.29, 1.82) is 0 Å². The first kappa shape index (κ1) is 12.9. The molecule has 2 aromatic rings. The van der Waals surface area contributed by atoms with Gasteiger partial charge in [-0.2, -0.15) is 0 Å². The lowest BCUT2D eigenvalue weighted by atomic mass is 10.1. The summed E-state index contributed by atoms with van der Waals surface area (Å²) in [6.07, 6.45) is -0.107. The molecule has 0 saturated carbocycles. The van der Waals surface area contributed by atoms with Crippen molar-refractivity contribution in [2.75, 3.05) is 7.11 Å². The Morgan fingerprint density at radius 3 is 2.78 bits per heavy atom. The molecule has 0 aliphatic rings. The number of methoxy groups -OCH3 is 1. The normalized spacial score (nSPS) is 10.6. The number of carbonyl (C=O) groups excluding carboxylic acids is 1. The van der Waals surface area contributed by atoms with E-state index in [4.69, 9.17) is 23.2 Å². The Bertz CT molecular complexity index is 679. The molecule has 94 valence electrons. The summed E-state index contributed by atoms with van der Waals surface area (Å²) in [5, 5.41) is 1.33. The van der Waals surface area contributed by atoms with Crippen LogP contribution in [0.15, 0.2) is 23.0 Å². The van der Waals surface area contributed by atoms with Crippen LogP contribution in [0.4, 0.5) is 0 Å². The van der Waals surface area contributed by atoms with Gasteiger partial charge in [0.05, 0.1) is 23.6 Å². The minimum atomic E-state index is -0.488. The third-order valence-electron chi connectivity index (χ3n) is 2.55. The number of hydrogen-bond acceptors (Lipinski definition) is 3. The largest absolute Gasteiger partial charge is 0.469 e. The van der Waals surface area contributed by atoms with Gasteiger partial charge in [-0.1, -0.05) is 23.2 Å². The van der Waals surface area contributed by atoms with Gasteiger partial charge in [0.15, 0.2) is 0 Å². The van der Waals surface area contributed by atoms with E-state index in [9.17, 15) is 9.59 Å². The van der Waals surface area contributed by atoms with Gasteiger partial charge in [-0.3, -0.25) is 9.59 Å². The number of halogens is 2. The Morgan fingerprint density at radius 2 is 2.11 bits per heavy atom. The molecule has 0 unspecified atom stereocenters. The molecule has 1 heterocycles. The molecule has 1 aromatic carbocycles. The lowest BCUT2D eigenvalue weighted by molar-refractivity contribution is -0.139. The zero-order valence-electron chi connectivity index (χ0n) is 9.42. The van der Waals surface area contributed by atoms with Gasteiger partial charge >= 0.3 is 5.97 Å². The first-order valence-electron chi connectivity index (χ1n) is 5.09. The number of aromatic nitrogens is 1. The summed E-state index contributed by atoms with van der Waals surface area (Å²) in [7, 11) is 1.27. The summed E-state index contributed by atoms with van der Waals surface area (Å²) in [5.74, 6) is -0.488. The summed E-state index contributed by atoms with van der Waals surface area (Å²) in [5.41, 5.74) is 0.521. The predicted octanol–water partition coefficient (Wildman–Crippen LogP) is 2.55. The maximum absolute atomic E-state index is 11.7. The molecule has 0 bridgehead atoms. The van der Waals surface area contributed by atoms with Crippen LogP contribution in [0.3, 0.4) is 0 Å². The van der Waals surface area contributed by atoms with E-state index in [-0.39, 0.29) is 12.0 Å². The fraction of sp³-hybridized carbons (Fsp3) is 0.167. The number of carbonyl (C=O) groups is 1. The zero-order chi connectivity index (χ0) is 13.3. The Balaban J connectivity index is 2.63. The Labute approximate surface area is 112 Å². The van der Waals surface area contributed by atoms with Crippen molar-refractivity contribution < 1.29 is 9.53 Å². The lowest BCUT2D eigenvalue weighted by Gasteiger charge is -2.05. The van der Waals surface area contributed by atoms with Gasteiger partial charge < -0.3 is 9.72 Å². The van der Waals surface area contributed by atoms with Crippen LogP contribution in [-0.2, 0) is 16.0 Å². The summed E-state index contributed by atoms with van der Waals surface area (Å²) in [4.78, 5) is 25.6. The van der Waals surface area contributed by atoms with Gasteiger partial charge in [0, 0.05) is 16.5 Å².